The molecule has 7 heteroatoms. The van der Waals surface area contributed by atoms with Crippen molar-refractivity contribution in [2.75, 3.05) is 19.4 Å². The Balaban J connectivity index is 0.000000325. The van der Waals surface area contributed by atoms with E-state index >= 15 is 0 Å². The largest absolute Gasteiger partial charge is 0.388 e. The lowest BCUT2D eigenvalue weighted by Gasteiger charge is -2.10. The fraction of sp³-hybridized carbons (Fsp3) is 0.192. The van der Waals surface area contributed by atoms with E-state index in [0.29, 0.717) is 12.1 Å². The van der Waals surface area contributed by atoms with Gasteiger partial charge in [0.25, 0.3) is 0 Å². The number of aldehydes is 1. The van der Waals surface area contributed by atoms with Crippen LogP contribution in [0.3, 0.4) is 0 Å². The third-order valence-electron chi connectivity index (χ3n) is 4.66. The lowest BCUT2D eigenvalue weighted by molar-refractivity contribution is -0.109. The molecule has 0 radical (unpaired) electrons. The van der Waals surface area contributed by atoms with Gasteiger partial charge in [0.15, 0.2) is 6.29 Å². The average molecular weight is 454 g/mol. The zero-order valence-corrected chi connectivity index (χ0v) is 19.2. The molecule has 3 aromatic carbocycles. The molecule has 0 fully saturated rings. The number of anilines is 1. The summed E-state index contributed by atoms with van der Waals surface area (Å²) < 4.78 is 24.8. The van der Waals surface area contributed by atoms with E-state index in [4.69, 9.17) is 10.2 Å². The summed E-state index contributed by atoms with van der Waals surface area (Å²) in [6.45, 7) is 4.13. The number of rotatable bonds is 6. The maximum atomic E-state index is 12.4. The number of amides is 1. The minimum Gasteiger partial charge on any atom is -0.388 e. The quantitative estimate of drug-likeness (QED) is 0.335. The van der Waals surface area contributed by atoms with Gasteiger partial charge >= 0.3 is 0 Å². The molecule has 3 N–H and O–H groups in total. The topological polar surface area (TPSA) is 82.1 Å². The van der Waals surface area contributed by atoms with Crippen molar-refractivity contribution in [3.05, 3.63) is 89.0 Å². The van der Waals surface area contributed by atoms with E-state index in [-0.39, 0.29) is 6.29 Å². The Morgan fingerprint density at radius 3 is 1.97 bits per heavy atom. The highest BCUT2D eigenvalue weighted by molar-refractivity contribution is 5.99. The van der Waals surface area contributed by atoms with E-state index in [0.717, 1.165) is 29.8 Å². The Hall–Kier alpha value is -3.87. The van der Waals surface area contributed by atoms with Crippen molar-refractivity contribution in [1.82, 2.24) is 5.32 Å². The first kappa shape index (κ1) is 27.2. The maximum Gasteiger partial charge on any atom is 0.206 e. The zero-order chi connectivity index (χ0) is 24.8. The van der Waals surface area contributed by atoms with Gasteiger partial charge in [0.2, 0.25) is 6.41 Å². The highest BCUT2D eigenvalue weighted by Gasteiger charge is 2.06. The molecule has 3 aromatic rings. The molecule has 0 saturated carbocycles. The second-order valence-corrected chi connectivity index (χ2v) is 6.85. The maximum absolute atomic E-state index is 12.4. The van der Waals surface area contributed by atoms with Crippen LogP contribution in [0.2, 0.25) is 0 Å². The van der Waals surface area contributed by atoms with Crippen LogP contribution in [0.4, 0.5) is 14.5 Å². The number of aryl methyl sites for hydroxylation is 1. The van der Waals surface area contributed by atoms with Gasteiger partial charge in [-0.2, -0.15) is 0 Å². The van der Waals surface area contributed by atoms with Gasteiger partial charge in [-0.25, -0.2) is 8.78 Å². The molecule has 0 atom stereocenters. The SMILES string of the molecule is CCC(=N)c1ccc(C)c(-c2ccc(NC)cc2)c1.CNC=O.O=Cc1c(F)cccc1F. The third-order valence-corrected chi connectivity index (χ3v) is 4.66. The Kier molecular flexibility index (Phi) is 11.7. The van der Waals surface area contributed by atoms with Crippen molar-refractivity contribution in [2.45, 2.75) is 20.3 Å². The van der Waals surface area contributed by atoms with Crippen LogP contribution in [-0.2, 0) is 4.79 Å². The lowest BCUT2D eigenvalue weighted by atomic mass is 9.96. The molecule has 0 heterocycles. The van der Waals surface area contributed by atoms with Crippen LogP contribution in [0.25, 0.3) is 11.1 Å². The van der Waals surface area contributed by atoms with E-state index in [1.165, 1.54) is 22.8 Å². The number of benzene rings is 3. The first-order chi connectivity index (χ1) is 15.8. The van der Waals surface area contributed by atoms with Gasteiger partial charge < -0.3 is 16.0 Å². The fourth-order valence-electron chi connectivity index (χ4n) is 2.76. The first-order valence-corrected chi connectivity index (χ1v) is 10.3. The second kappa shape index (κ2) is 14.2. The summed E-state index contributed by atoms with van der Waals surface area (Å²) in [4.78, 5) is 19.0. The van der Waals surface area contributed by atoms with E-state index in [1.54, 1.807) is 7.05 Å². The standard InChI is InChI=1S/C17H20N2.C7H4F2O.C2H5NO/c1-4-17(18)14-6-5-12(2)16(11-14)13-7-9-15(19-3)10-8-13;8-6-2-1-3-7(9)5(6)4-10;1-3-2-4/h5-11,18-19H,4H2,1-3H3;1-4H;2H,1H3,(H,3,4). The predicted molar refractivity (Wildman–Crippen MR) is 130 cm³/mol. The summed E-state index contributed by atoms with van der Waals surface area (Å²) in [6.07, 6.45) is 1.55. The lowest BCUT2D eigenvalue weighted by Crippen LogP contribution is -1.98. The molecule has 0 unspecified atom stereocenters. The van der Waals surface area contributed by atoms with E-state index in [1.807, 2.05) is 20.0 Å². The van der Waals surface area contributed by atoms with Crippen molar-refractivity contribution < 1.29 is 18.4 Å². The minimum absolute atomic E-state index is 0.157. The highest BCUT2D eigenvalue weighted by Crippen LogP contribution is 2.26. The number of halogens is 2. The summed E-state index contributed by atoms with van der Waals surface area (Å²) in [5, 5.41) is 13.3. The van der Waals surface area contributed by atoms with Crippen LogP contribution in [0.1, 0.15) is 34.8 Å². The van der Waals surface area contributed by atoms with Crippen molar-refractivity contribution >= 4 is 24.1 Å². The molecule has 0 aliphatic rings. The summed E-state index contributed by atoms with van der Waals surface area (Å²) in [6, 6.07) is 17.9. The predicted octanol–water partition coefficient (Wildman–Crippen LogP) is 5.62. The minimum atomic E-state index is -0.824. The smallest absolute Gasteiger partial charge is 0.206 e. The van der Waals surface area contributed by atoms with Crippen molar-refractivity contribution in [2.24, 2.45) is 0 Å². The Morgan fingerprint density at radius 2 is 1.55 bits per heavy atom. The normalized spacial score (nSPS) is 9.39. The van der Waals surface area contributed by atoms with Crippen LogP contribution < -0.4 is 10.6 Å². The van der Waals surface area contributed by atoms with Gasteiger partial charge in [0.05, 0.1) is 5.56 Å². The molecule has 174 valence electrons. The average Bonchev–Trinajstić information content (AvgIpc) is 2.84. The molecule has 33 heavy (non-hydrogen) atoms. The summed E-state index contributed by atoms with van der Waals surface area (Å²) in [5.41, 5.74) is 5.95. The highest BCUT2D eigenvalue weighted by atomic mass is 19.1. The van der Waals surface area contributed by atoms with Gasteiger partial charge in [0.1, 0.15) is 11.6 Å². The third kappa shape index (κ3) is 8.29. The fourth-order valence-corrected chi connectivity index (χ4v) is 2.76. The van der Waals surface area contributed by atoms with Crippen LogP contribution in [0, 0.1) is 24.0 Å². The van der Waals surface area contributed by atoms with E-state index < -0.39 is 17.2 Å². The van der Waals surface area contributed by atoms with Crippen molar-refractivity contribution in [3.8, 4) is 11.1 Å². The Labute approximate surface area is 193 Å². The van der Waals surface area contributed by atoms with Gasteiger partial charge in [0, 0.05) is 25.5 Å². The van der Waals surface area contributed by atoms with Crippen molar-refractivity contribution in [1.29, 1.82) is 5.41 Å². The summed E-state index contributed by atoms with van der Waals surface area (Å²) in [5.74, 6) is -1.65. The molecule has 3 rings (SSSR count). The monoisotopic (exact) mass is 453 g/mol. The van der Waals surface area contributed by atoms with Gasteiger partial charge in [-0.15, -0.1) is 0 Å². The molecule has 0 spiro atoms. The number of hydrogen-bond acceptors (Lipinski definition) is 4. The molecular weight excluding hydrogens is 424 g/mol. The molecular formula is C26H29F2N3O2. The number of carbonyl (C=O) groups excluding carboxylic acids is 2. The number of nitrogens with one attached hydrogen (secondary N) is 3. The molecule has 0 aromatic heterocycles. The molecule has 0 aliphatic carbocycles. The van der Waals surface area contributed by atoms with E-state index in [2.05, 4.69) is 54.0 Å². The van der Waals surface area contributed by atoms with Gasteiger partial charge in [-0.1, -0.05) is 37.3 Å². The molecule has 0 aliphatic heterocycles. The van der Waals surface area contributed by atoms with Crippen LogP contribution in [0.15, 0.2) is 60.7 Å². The number of carbonyl (C=O) groups is 2. The Morgan fingerprint density at radius 1 is 0.970 bits per heavy atom. The van der Waals surface area contributed by atoms with Crippen LogP contribution in [-0.4, -0.2) is 32.5 Å². The summed E-state index contributed by atoms with van der Waals surface area (Å²) in [7, 11) is 3.48. The van der Waals surface area contributed by atoms with Gasteiger partial charge in [-0.3, -0.25) is 9.59 Å². The first-order valence-electron chi connectivity index (χ1n) is 10.3. The second-order valence-electron chi connectivity index (χ2n) is 6.85. The number of hydrogen-bond donors (Lipinski definition) is 3. The molecule has 0 bridgehead atoms. The van der Waals surface area contributed by atoms with Crippen molar-refractivity contribution in [3.63, 3.8) is 0 Å². The molecule has 5 nitrogen and oxygen atoms in total. The Bertz CT molecular complexity index is 1050. The van der Waals surface area contributed by atoms with Crippen LogP contribution in [0.5, 0.6) is 0 Å². The van der Waals surface area contributed by atoms with Gasteiger partial charge in [-0.05, 0) is 65.9 Å². The van der Waals surface area contributed by atoms with E-state index in [9.17, 15) is 13.6 Å². The molecule has 1 amide bonds. The zero-order valence-electron chi connectivity index (χ0n) is 19.2. The van der Waals surface area contributed by atoms with Crippen LogP contribution >= 0.6 is 0 Å². The summed E-state index contributed by atoms with van der Waals surface area (Å²) >= 11 is 0. The molecule has 0 saturated heterocycles.